The molecule has 3 aliphatic carbocycles. The average Bonchev–Trinajstić information content (AvgIpc) is 3.83. The lowest BCUT2D eigenvalue weighted by Gasteiger charge is -2.45. The first kappa shape index (κ1) is 31.0. The number of carbonyl (C=O) groups excluding carboxylic acids is 1. The van der Waals surface area contributed by atoms with E-state index in [-0.39, 0.29) is 22.8 Å². The molecule has 2 aromatic carbocycles. The summed E-state index contributed by atoms with van der Waals surface area (Å²) >= 11 is 6.41. The summed E-state index contributed by atoms with van der Waals surface area (Å²) in [6.07, 6.45) is 10.0. The van der Waals surface area contributed by atoms with E-state index in [0.29, 0.717) is 44.2 Å². The fourth-order valence-electron chi connectivity index (χ4n) is 8.13. The van der Waals surface area contributed by atoms with Crippen molar-refractivity contribution in [2.45, 2.75) is 80.7 Å². The number of sulfonamides is 1. The molecule has 0 saturated heterocycles. The molecule has 2 aliphatic heterocycles. The molecule has 2 saturated carbocycles. The quantitative estimate of drug-likeness (QED) is 0.427. The molecule has 7 rings (SSSR count). The highest BCUT2D eigenvalue weighted by molar-refractivity contribution is 7.90. The minimum atomic E-state index is -4.06. The van der Waals surface area contributed by atoms with E-state index in [0.717, 1.165) is 55.7 Å². The van der Waals surface area contributed by atoms with Crippen LogP contribution < -0.4 is 14.4 Å². The second-order valence-electron chi connectivity index (χ2n) is 13.9. The van der Waals surface area contributed by atoms with Crippen LogP contribution in [-0.4, -0.2) is 63.7 Å². The molecular formula is C35H43ClN2O6S. The molecule has 1 amide bonds. The molecule has 1 spiro atoms. The second kappa shape index (κ2) is 12.2. The standard InChI is InChI=1S/C35H43ClN2O6S/c1-43-32-6-2-5-30(39)27-12-9-25(27)19-38-20-35(15-3-4-23-17-26(36)11-13-28(23)35)21-44-31-14-10-24(18-29(31)38)34(40)37-45(41,42)33(32)16-22-7-8-22/h2,5,10-11,13-14,17-18,22,25,27,30,32-33,39H,3-4,6-9,12,15-16,19-21H2,1H3,(H,37,40)/b5-2+/t25-,27+,30-,32-,33-,35-/m0/s1. The minimum Gasteiger partial charge on any atom is -0.490 e. The fourth-order valence-corrected chi connectivity index (χ4v) is 10.00. The second-order valence-corrected chi connectivity index (χ2v) is 16.2. The summed E-state index contributed by atoms with van der Waals surface area (Å²) < 4.78 is 42.2. The van der Waals surface area contributed by atoms with Crippen molar-refractivity contribution in [3.05, 3.63) is 70.3 Å². The Morgan fingerprint density at radius 1 is 1.16 bits per heavy atom. The molecule has 242 valence electrons. The molecule has 2 fully saturated rings. The van der Waals surface area contributed by atoms with Gasteiger partial charge in [-0.2, -0.15) is 0 Å². The van der Waals surface area contributed by atoms with Crippen LogP contribution in [0.1, 0.15) is 72.9 Å². The van der Waals surface area contributed by atoms with Crippen molar-refractivity contribution in [3.63, 3.8) is 0 Å². The number of aryl methyl sites for hydroxylation is 1. The molecule has 45 heavy (non-hydrogen) atoms. The number of aliphatic hydroxyl groups excluding tert-OH is 1. The van der Waals surface area contributed by atoms with Crippen LogP contribution in [0.3, 0.4) is 0 Å². The van der Waals surface area contributed by atoms with E-state index in [4.69, 9.17) is 21.1 Å². The summed E-state index contributed by atoms with van der Waals surface area (Å²) in [6, 6.07) is 11.4. The zero-order chi connectivity index (χ0) is 31.3. The number of halogens is 1. The van der Waals surface area contributed by atoms with Crippen molar-refractivity contribution in [3.8, 4) is 5.75 Å². The van der Waals surface area contributed by atoms with E-state index in [1.54, 1.807) is 18.2 Å². The van der Waals surface area contributed by atoms with Crippen LogP contribution in [0.2, 0.25) is 5.02 Å². The van der Waals surface area contributed by atoms with E-state index in [2.05, 4.69) is 21.8 Å². The topological polar surface area (TPSA) is 105 Å². The summed E-state index contributed by atoms with van der Waals surface area (Å²) in [7, 11) is -2.55. The van der Waals surface area contributed by atoms with Gasteiger partial charge in [0.1, 0.15) is 11.0 Å². The SMILES string of the molecule is CO[C@H]1C/C=C/[C@H](O)[C@@H]2CC[C@H]2CN2C[C@@]3(CCCc4cc(Cl)ccc43)COc3ccc(cc32)C(=O)NS(=O)(=O)[C@H]1CC1CC1. The van der Waals surface area contributed by atoms with Crippen LogP contribution in [0.4, 0.5) is 5.69 Å². The normalized spacial score (nSPS) is 33.5. The summed E-state index contributed by atoms with van der Waals surface area (Å²) in [6.45, 7) is 1.88. The average molecular weight is 655 g/mol. The van der Waals surface area contributed by atoms with E-state index < -0.39 is 33.4 Å². The van der Waals surface area contributed by atoms with Crippen molar-refractivity contribution < 1.29 is 27.8 Å². The number of nitrogens with zero attached hydrogens (tertiary/aromatic N) is 1. The number of hydrogen-bond donors (Lipinski definition) is 2. The molecule has 2 heterocycles. The largest absolute Gasteiger partial charge is 0.490 e. The number of rotatable bonds is 3. The number of carbonyl (C=O) groups is 1. The predicted octanol–water partition coefficient (Wildman–Crippen LogP) is 5.40. The van der Waals surface area contributed by atoms with Crippen molar-refractivity contribution in [2.24, 2.45) is 17.8 Å². The lowest BCUT2D eigenvalue weighted by atomic mass is 9.68. The molecule has 2 aromatic rings. The number of amides is 1. The van der Waals surface area contributed by atoms with Crippen LogP contribution in [-0.2, 0) is 26.6 Å². The number of ether oxygens (including phenoxy) is 2. The van der Waals surface area contributed by atoms with Crippen molar-refractivity contribution in [2.75, 3.05) is 31.7 Å². The van der Waals surface area contributed by atoms with Crippen LogP contribution in [0.15, 0.2) is 48.6 Å². The van der Waals surface area contributed by atoms with Crippen molar-refractivity contribution in [1.82, 2.24) is 4.72 Å². The highest BCUT2D eigenvalue weighted by Gasteiger charge is 2.45. The first-order valence-electron chi connectivity index (χ1n) is 16.4. The van der Waals surface area contributed by atoms with E-state index in [1.807, 2.05) is 18.2 Å². The molecule has 0 unspecified atom stereocenters. The number of nitrogens with one attached hydrogen (secondary N) is 1. The van der Waals surface area contributed by atoms with Gasteiger partial charge < -0.3 is 19.5 Å². The van der Waals surface area contributed by atoms with Crippen LogP contribution in [0.25, 0.3) is 0 Å². The monoisotopic (exact) mass is 654 g/mol. The highest BCUT2D eigenvalue weighted by atomic mass is 35.5. The summed E-state index contributed by atoms with van der Waals surface area (Å²) in [5, 5.41) is 11.1. The van der Waals surface area contributed by atoms with Gasteiger partial charge in [-0.15, -0.1) is 0 Å². The van der Waals surface area contributed by atoms with Gasteiger partial charge in [-0.1, -0.05) is 42.7 Å². The molecular weight excluding hydrogens is 612 g/mol. The van der Waals surface area contributed by atoms with Crippen LogP contribution in [0, 0.1) is 17.8 Å². The van der Waals surface area contributed by atoms with Crippen LogP contribution in [0.5, 0.6) is 5.75 Å². The number of methoxy groups -OCH3 is 1. The Kier molecular flexibility index (Phi) is 8.42. The number of benzene rings is 2. The van der Waals surface area contributed by atoms with Gasteiger partial charge in [-0.25, -0.2) is 13.1 Å². The lowest BCUT2D eigenvalue weighted by Crippen LogP contribution is -2.49. The Morgan fingerprint density at radius 3 is 2.76 bits per heavy atom. The van der Waals surface area contributed by atoms with Crippen LogP contribution >= 0.6 is 11.6 Å². The molecule has 6 atom stereocenters. The van der Waals surface area contributed by atoms with Gasteiger partial charge in [0.15, 0.2) is 0 Å². The van der Waals surface area contributed by atoms with E-state index >= 15 is 0 Å². The first-order valence-corrected chi connectivity index (χ1v) is 18.3. The van der Waals surface area contributed by atoms with Gasteiger partial charge >= 0.3 is 0 Å². The molecule has 2 bridgehead atoms. The van der Waals surface area contributed by atoms with Gasteiger partial charge in [0.05, 0.1) is 24.5 Å². The summed E-state index contributed by atoms with van der Waals surface area (Å²) in [4.78, 5) is 16.0. The maximum absolute atomic E-state index is 13.8. The highest BCUT2D eigenvalue weighted by Crippen LogP contribution is 2.47. The van der Waals surface area contributed by atoms with Gasteiger partial charge in [-0.05, 0) is 104 Å². The van der Waals surface area contributed by atoms with E-state index in [9.17, 15) is 18.3 Å². The Labute approximate surface area is 271 Å². The molecule has 8 nitrogen and oxygen atoms in total. The number of fused-ring (bicyclic) bond motifs is 4. The predicted molar refractivity (Wildman–Crippen MR) is 175 cm³/mol. The third kappa shape index (κ3) is 6.13. The van der Waals surface area contributed by atoms with Gasteiger partial charge in [0.2, 0.25) is 10.0 Å². The zero-order valence-electron chi connectivity index (χ0n) is 25.8. The maximum Gasteiger partial charge on any atom is 0.264 e. The molecule has 5 aliphatic rings. The Morgan fingerprint density at radius 2 is 2.00 bits per heavy atom. The number of aliphatic hydroxyl groups is 1. The summed E-state index contributed by atoms with van der Waals surface area (Å²) in [5.74, 6) is 0.684. The number of anilines is 1. The molecule has 2 N–H and O–H groups in total. The third-order valence-corrected chi connectivity index (χ3v) is 13.0. The molecule has 10 heteroatoms. The Balaban J connectivity index is 1.28. The zero-order valence-corrected chi connectivity index (χ0v) is 27.4. The third-order valence-electron chi connectivity index (χ3n) is 11.0. The lowest BCUT2D eigenvalue weighted by molar-refractivity contribution is 0.0451. The van der Waals surface area contributed by atoms with Gasteiger partial charge in [0.25, 0.3) is 5.91 Å². The summed E-state index contributed by atoms with van der Waals surface area (Å²) in [5.41, 5.74) is 3.29. The van der Waals surface area contributed by atoms with Gasteiger partial charge in [-0.3, -0.25) is 4.79 Å². The molecule has 0 radical (unpaired) electrons. The minimum absolute atomic E-state index is 0.0913. The molecule has 0 aromatic heterocycles. The maximum atomic E-state index is 13.8. The van der Waals surface area contributed by atoms with Crippen molar-refractivity contribution >= 4 is 33.2 Å². The van der Waals surface area contributed by atoms with Crippen molar-refractivity contribution in [1.29, 1.82) is 0 Å². The Bertz CT molecular complexity index is 1590. The first-order chi connectivity index (χ1) is 21.7. The fraction of sp³-hybridized carbons (Fsp3) is 0.571. The Hall–Kier alpha value is -2.59. The smallest absolute Gasteiger partial charge is 0.264 e. The van der Waals surface area contributed by atoms with Gasteiger partial charge in [0, 0.05) is 36.2 Å². The number of hydrogen-bond acceptors (Lipinski definition) is 7. The van der Waals surface area contributed by atoms with E-state index in [1.165, 1.54) is 18.2 Å².